The average Bonchev–Trinajstić information content (AvgIpc) is 3.01. The highest BCUT2D eigenvalue weighted by atomic mass is 16.6. The molecule has 1 aromatic rings. The van der Waals surface area contributed by atoms with Crippen LogP contribution in [0.5, 0.6) is 0 Å². The third-order valence-electron chi connectivity index (χ3n) is 3.97. The first-order chi connectivity index (χ1) is 10.1. The summed E-state index contributed by atoms with van der Waals surface area (Å²) in [6.45, 7) is 2.50. The van der Waals surface area contributed by atoms with Crippen LogP contribution < -0.4 is 11.3 Å². The SMILES string of the molecule is CCN(C(=O)c1cc([N+](=O)[O-])ccc1NN)C1CCCC1. The zero-order chi connectivity index (χ0) is 15.4. The highest BCUT2D eigenvalue weighted by Gasteiger charge is 2.28. The summed E-state index contributed by atoms with van der Waals surface area (Å²) >= 11 is 0. The first-order valence-corrected chi connectivity index (χ1v) is 7.14. The Bertz CT molecular complexity index is 541. The summed E-state index contributed by atoms with van der Waals surface area (Å²) in [6.07, 6.45) is 4.20. The lowest BCUT2D eigenvalue weighted by Crippen LogP contribution is -2.39. The molecule has 3 N–H and O–H groups in total. The van der Waals surface area contributed by atoms with Crippen molar-refractivity contribution in [1.29, 1.82) is 0 Å². The van der Waals surface area contributed by atoms with Crippen LogP contribution in [0.1, 0.15) is 43.0 Å². The van der Waals surface area contributed by atoms with Gasteiger partial charge < -0.3 is 10.3 Å². The van der Waals surface area contributed by atoms with Gasteiger partial charge in [-0.25, -0.2) is 0 Å². The largest absolute Gasteiger partial charge is 0.336 e. The van der Waals surface area contributed by atoms with Crippen molar-refractivity contribution >= 4 is 17.3 Å². The molecule has 0 heterocycles. The predicted molar refractivity (Wildman–Crippen MR) is 79.9 cm³/mol. The van der Waals surface area contributed by atoms with E-state index in [-0.39, 0.29) is 23.2 Å². The number of hydrazine groups is 1. The van der Waals surface area contributed by atoms with E-state index in [1.54, 1.807) is 4.90 Å². The molecule has 0 aliphatic heterocycles. The van der Waals surface area contributed by atoms with Gasteiger partial charge in [0, 0.05) is 24.7 Å². The molecule has 0 radical (unpaired) electrons. The number of rotatable bonds is 5. The van der Waals surface area contributed by atoms with E-state index in [0.717, 1.165) is 25.7 Å². The number of nitro groups is 1. The first-order valence-electron chi connectivity index (χ1n) is 7.14. The number of carbonyl (C=O) groups excluding carboxylic acids is 1. The van der Waals surface area contributed by atoms with Crippen molar-refractivity contribution in [3.8, 4) is 0 Å². The second kappa shape index (κ2) is 6.53. The minimum atomic E-state index is -0.511. The van der Waals surface area contributed by atoms with Crippen molar-refractivity contribution < 1.29 is 9.72 Å². The van der Waals surface area contributed by atoms with Crippen molar-refractivity contribution in [2.24, 2.45) is 5.84 Å². The van der Waals surface area contributed by atoms with Crippen LogP contribution in [0.15, 0.2) is 18.2 Å². The standard InChI is InChI=1S/C14H20N4O3/c1-2-17(10-5-3-4-6-10)14(19)12-9-11(18(20)21)7-8-13(12)16-15/h7-10,16H,2-6,15H2,1H3. The number of hydrogen-bond donors (Lipinski definition) is 2. The number of amides is 1. The van der Waals surface area contributed by atoms with Crippen LogP contribution in [0, 0.1) is 10.1 Å². The minimum Gasteiger partial charge on any atom is -0.336 e. The van der Waals surface area contributed by atoms with Crippen molar-refractivity contribution in [3.05, 3.63) is 33.9 Å². The molecule has 1 saturated carbocycles. The Morgan fingerprint density at radius 3 is 2.67 bits per heavy atom. The van der Waals surface area contributed by atoms with Crippen LogP contribution >= 0.6 is 0 Å². The molecule has 0 bridgehead atoms. The Hall–Kier alpha value is -2.15. The van der Waals surface area contributed by atoms with E-state index in [4.69, 9.17) is 5.84 Å². The number of anilines is 1. The molecular formula is C14H20N4O3. The van der Waals surface area contributed by atoms with Gasteiger partial charge in [-0.2, -0.15) is 0 Å². The minimum absolute atomic E-state index is 0.111. The van der Waals surface area contributed by atoms with Crippen LogP contribution in [0.3, 0.4) is 0 Å². The molecule has 0 saturated heterocycles. The average molecular weight is 292 g/mol. The van der Waals surface area contributed by atoms with Crippen molar-refractivity contribution in [2.75, 3.05) is 12.0 Å². The number of carbonyl (C=O) groups is 1. The highest BCUT2D eigenvalue weighted by Crippen LogP contribution is 2.28. The zero-order valence-electron chi connectivity index (χ0n) is 12.0. The van der Waals surface area contributed by atoms with Gasteiger partial charge in [-0.05, 0) is 25.8 Å². The molecule has 1 aromatic carbocycles. The number of nitrogens with two attached hydrogens (primary N) is 1. The van der Waals surface area contributed by atoms with Gasteiger partial charge in [-0.3, -0.25) is 20.8 Å². The van der Waals surface area contributed by atoms with Gasteiger partial charge in [0.2, 0.25) is 0 Å². The summed E-state index contributed by atoms with van der Waals surface area (Å²) in [5, 5.41) is 10.9. The molecule has 2 rings (SSSR count). The molecule has 0 aromatic heterocycles. The maximum absolute atomic E-state index is 12.7. The fraction of sp³-hybridized carbons (Fsp3) is 0.500. The summed E-state index contributed by atoms with van der Waals surface area (Å²) in [5.74, 6) is 5.21. The molecular weight excluding hydrogens is 272 g/mol. The maximum atomic E-state index is 12.7. The first kappa shape index (κ1) is 15.2. The molecule has 1 aliphatic carbocycles. The van der Waals surface area contributed by atoms with Gasteiger partial charge in [0.15, 0.2) is 0 Å². The van der Waals surface area contributed by atoms with Crippen LogP contribution in [0.25, 0.3) is 0 Å². The van der Waals surface area contributed by atoms with E-state index in [1.165, 1.54) is 18.2 Å². The highest BCUT2D eigenvalue weighted by molar-refractivity contribution is 6.00. The third-order valence-corrected chi connectivity index (χ3v) is 3.97. The summed E-state index contributed by atoms with van der Waals surface area (Å²) in [7, 11) is 0. The second-order valence-electron chi connectivity index (χ2n) is 5.16. The fourth-order valence-electron chi connectivity index (χ4n) is 2.89. The molecule has 21 heavy (non-hydrogen) atoms. The van der Waals surface area contributed by atoms with Gasteiger partial charge in [0.05, 0.1) is 16.2 Å². The predicted octanol–water partition coefficient (Wildman–Crippen LogP) is 2.29. The molecule has 1 amide bonds. The van der Waals surface area contributed by atoms with E-state index >= 15 is 0 Å². The quantitative estimate of drug-likeness (QED) is 0.492. The molecule has 1 fully saturated rings. The third kappa shape index (κ3) is 3.13. The van der Waals surface area contributed by atoms with Crippen LogP contribution in [-0.4, -0.2) is 28.3 Å². The Morgan fingerprint density at radius 1 is 1.48 bits per heavy atom. The Balaban J connectivity index is 2.35. The zero-order valence-corrected chi connectivity index (χ0v) is 12.0. The number of non-ortho nitro benzene ring substituents is 1. The number of benzene rings is 1. The summed E-state index contributed by atoms with van der Waals surface area (Å²) in [6, 6.07) is 4.30. The fourth-order valence-corrected chi connectivity index (χ4v) is 2.89. The molecule has 7 heteroatoms. The van der Waals surface area contributed by atoms with Crippen LogP contribution in [0.2, 0.25) is 0 Å². The Kier molecular flexibility index (Phi) is 4.74. The molecule has 0 atom stereocenters. The number of nitrogen functional groups attached to an aromatic ring is 1. The van der Waals surface area contributed by atoms with Crippen molar-refractivity contribution in [3.63, 3.8) is 0 Å². The molecule has 7 nitrogen and oxygen atoms in total. The summed E-state index contributed by atoms with van der Waals surface area (Å²) in [5.41, 5.74) is 2.99. The van der Waals surface area contributed by atoms with E-state index in [2.05, 4.69) is 5.43 Å². The van der Waals surface area contributed by atoms with Gasteiger partial charge in [0.25, 0.3) is 11.6 Å². The van der Waals surface area contributed by atoms with Gasteiger partial charge in [0.1, 0.15) is 0 Å². The Morgan fingerprint density at radius 2 is 2.14 bits per heavy atom. The van der Waals surface area contributed by atoms with Crippen molar-refractivity contribution in [1.82, 2.24) is 4.90 Å². The molecule has 0 unspecified atom stereocenters. The smallest absolute Gasteiger partial charge is 0.270 e. The number of nitro benzene ring substituents is 1. The second-order valence-corrected chi connectivity index (χ2v) is 5.16. The number of nitrogens with one attached hydrogen (secondary N) is 1. The van der Waals surface area contributed by atoms with E-state index in [0.29, 0.717) is 12.2 Å². The topological polar surface area (TPSA) is 102 Å². The van der Waals surface area contributed by atoms with Gasteiger partial charge in [-0.1, -0.05) is 12.8 Å². The van der Waals surface area contributed by atoms with Crippen LogP contribution in [-0.2, 0) is 0 Å². The number of nitrogens with zero attached hydrogens (tertiary/aromatic N) is 2. The molecule has 114 valence electrons. The van der Waals surface area contributed by atoms with Gasteiger partial charge in [-0.15, -0.1) is 0 Å². The lowest BCUT2D eigenvalue weighted by molar-refractivity contribution is -0.384. The van der Waals surface area contributed by atoms with E-state index in [1.807, 2.05) is 6.92 Å². The Labute approximate surface area is 123 Å². The number of hydrogen-bond acceptors (Lipinski definition) is 5. The summed E-state index contributed by atoms with van der Waals surface area (Å²) < 4.78 is 0. The normalized spacial score (nSPS) is 15.0. The maximum Gasteiger partial charge on any atom is 0.270 e. The van der Waals surface area contributed by atoms with Gasteiger partial charge >= 0.3 is 0 Å². The monoisotopic (exact) mass is 292 g/mol. The van der Waals surface area contributed by atoms with Crippen LogP contribution in [0.4, 0.5) is 11.4 Å². The van der Waals surface area contributed by atoms with Crippen molar-refractivity contribution in [2.45, 2.75) is 38.6 Å². The lowest BCUT2D eigenvalue weighted by atomic mass is 10.1. The summed E-state index contributed by atoms with van der Waals surface area (Å²) in [4.78, 5) is 24.9. The van der Waals surface area contributed by atoms with E-state index in [9.17, 15) is 14.9 Å². The van der Waals surface area contributed by atoms with E-state index < -0.39 is 4.92 Å². The lowest BCUT2D eigenvalue weighted by Gasteiger charge is -2.28. The molecule has 0 spiro atoms. The molecule has 1 aliphatic rings.